The minimum absolute atomic E-state index is 0.00380. The van der Waals surface area contributed by atoms with Crippen LogP contribution in [0, 0.1) is 5.92 Å². The average molecular weight is 239 g/mol. The fraction of sp³-hybridized carbons (Fsp3) is 0.875. The second-order valence-corrected chi connectivity index (χ2v) is 5.56. The third kappa shape index (κ3) is 7.29. The van der Waals surface area contributed by atoms with Crippen LogP contribution in [0.2, 0.25) is 0 Å². The highest BCUT2D eigenvalue weighted by Crippen LogP contribution is 1.98. The number of sulfonamides is 1. The van der Waals surface area contributed by atoms with Gasteiger partial charge in [0.1, 0.15) is 0 Å². The number of hydrogen-bond acceptors (Lipinski definition) is 4. The van der Waals surface area contributed by atoms with Gasteiger partial charge >= 0.3 is 5.97 Å². The molecule has 0 bridgehead atoms. The fourth-order valence-corrected chi connectivity index (χ4v) is 2.40. The first kappa shape index (κ1) is 14.3. The number of aliphatic carboxylic acids is 1. The zero-order chi connectivity index (χ0) is 12.1. The lowest BCUT2D eigenvalue weighted by molar-refractivity contribution is -0.146. The second-order valence-electron chi connectivity index (χ2n) is 3.71. The van der Waals surface area contributed by atoms with Gasteiger partial charge in [-0.05, 0) is 12.3 Å². The highest BCUT2D eigenvalue weighted by Gasteiger charge is 2.16. The number of nitrogens with one attached hydrogen (secondary N) is 1. The van der Waals surface area contributed by atoms with E-state index in [2.05, 4.69) is 4.72 Å². The lowest BCUT2D eigenvalue weighted by Crippen LogP contribution is -2.32. The Morgan fingerprint density at radius 2 is 1.93 bits per heavy atom. The monoisotopic (exact) mass is 239 g/mol. The summed E-state index contributed by atoms with van der Waals surface area (Å²) in [6.07, 6.45) is -1.65. The van der Waals surface area contributed by atoms with E-state index in [0.717, 1.165) is 0 Å². The Morgan fingerprint density at radius 3 is 2.33 bits per heavy atom. The molecular formula is C8H17NO5S. The maximum absolute atomic E-state index is 11.3. The first-order valence-corrected chi connectivity index (χ1v) is 6.28. The second kappa shape index (κ2) is 6.04. The highest BCUT2D eigenvalue weighted by atomic mass is 32.2. The highest BCUT2D eigenvalue weighted by molar-refractivity contribution is 7.89. The van der Waals surface area contributed by atoms with Gasteiger partial charge in [-0.3, -0.25) is 0 Å². The summed E-state index contributed by atoms with van der Waals surface area (Å²) in [5.74, 6) is -1.35. The Kier molecular flexibility index (Phi) is 5.77. The van der Waals surface area contributed by atoms with E-state index >= 15 is 0 Å². The lowest BCUT2D eigenvalue weighted by atomic mass is 10.3. The zero-order valence-corrected chi connectivity index (χ0v) is 9.62. The fourth-order valence-electron chi connectivity index (χ4n) is 0.972. The van der Waals surface area contributed by atoms with E-state index in [9.17, 15) is 13.2 Å². The molecule has 7 heteroatoms. The molecular weight excluding hydrogens is 222 g/mol. The van der Waals surface area contributed by atoms with Gasteiger partial charge in [-0.1, -0.05) is 13.8 Å². The molecule has 6 nitrogen and oxygen atoms in total. The molecule has 1 atom stereocenters. The molecule has 15 heavy (non-hydrogen) atoms. The van der Waals surface area contributed by atoms with Gasteiger partial charge in [0.05, 0.1) is 5.75 Å². The van der Waals surface area contributed by atoms with Crippen molar-refractivity contribution < 1.29 is 23.4 Å². The summed E-state index contributed by atoms with van der Waals surface area (Å²) in [6.45, 7) is 3.47. The molecule has 0 aliphatic rings. The first-order valence-electron chi connectivity index (χ1n) is 4.63. The standard InChI is InChI=1S/C8H17NO5S/c1-6(2)5-15(13,14)9-4-3-7(10)8(11)12/h6-7,9-10H,3-5H2,1-2H3,(H,11,12)/t7-/m0/s1. The van der Waals surface area contributed by atoms with Crippen molar-refractivity contribution in [3.05, 3.63) is 0 Å². The van der Waals surface area contributed by atoms with Gasteiger partial charge in [0.15, 0.2) is 6.10 Å². The molecule has 0 aromatic carbocycles. The molecule has 0 aromatic heterocycles. The van der Waals surface area contributed by atoms with Crippen molar-refractivity contribution in [2.75, 3.05) is 12.3 Å². The van der Waals surface area contributed by atoms with Crippen LogP contribution in [0.4, 0.5) is 0 Å². The Bertz CT molecular complexity index is 298. The molecule has 0 aliphatic carbocycles. The van der Waals surface area contributed by atoms with E-state index in [0.29, 0.717) is 0 Å². The van der Waals surface area contributed by atoms with Gasteiger partial charge in [-0.25, -0.2) is 17.9 Å². The van der Waals surface area contributed by atoms with E-state index in [1.807, 2.05) is 0 Å². The molecule has 0 saturated heterocycles. The van der Waals surface area contributed by atoms with Crippen LogP contribution in [-0.4, -0.2) is 43.0 Å². The average Bonchev–Trinajstić information content (AvgIpc) is 2.00. The van der Waals surface area contributed by atoms with Crippen molar-refractivity contribution in [3.8, 4) is 0 Å². The van der Waals surface area contributed by atoms with Crippen LogP contribution in [0.25, 0.3) is 0 Å². The Morgan fingerprint density at radius 1 is 1.40 bits per heavy atom. The summed E-state index contributed by atoms with van der Waals surface area (Å²) >= 11 is 0. The maximum atomic E-state index is 11.3. The van der Waals surface area contributed by atoms with Crippen LogP contribution >= 0.6 is 0 Å². The third-order valence-electron chi connectivity index (χ3n) is 1.58. The predicted octanol–water partition coefficient (Wildman–Crippen LogP) is -0.603. The summed E-state index contributed by atoms with van der Waals surface area (Å²) in [5.41, 5.74) is 0. The Balaban J connectivity index is 3.91. The van der Waals surface area contributed by atoms with Gasteiger partial charge < -0.3 is 10.2 Å². The molecule has 0 saturated carbocycles. The van der Waals surface area contributed by atoms with Gasteiger partial charge in [0, 0.05) is 6.54 Å². The van der Waals surface area contributed by atoms with Crippen LogP contribution in [0.1, 0.15) is 20.3 Å². The van der Waals surface area contributed by atoms with Crippen LogP contribution in [0.3, 0.4) is 0 Å². The van der Waals surface area contributed by atoms with E-state index in [1.54, 1.807) is 13.8 Å². The summed E-state index contributed by atoms with van der Waals surface area (Å²) in [4.78, 5) is 10.2. The summed E-state index contributed by atoms with van der Waals surface area (Å²) in [5, 5.41) is 17.2. The molecule has 0 unspecified atom stereocenters. The van der Waals surface area contributed by atoms with Crippen molar-refractivity contribution in [2.45, 2.75) is 26.4 Å². The Hall–Kier alpha value is -0.660. The number of rotatable bonds is 7. The normalized spacial score (nSPS) is 14.1. The smallest absolute Gasteiger partial charge is 0.332 e. The molecule has 0 heterocycles. The molecule has 0 radical (unpaired) electrons. The predicted molar refractivity (Wildman–Crippen MR) is 54.9 cm³/mol. The van der Waals surface area contributed by atoms with E-state index in [1.165, 1.54) is 0 Å². The lowest BCUT2D eigenvalue weighted by Gasteiger charge is -2.09. The molecule has 0 fully saturated rings. The van der Waals surface area contributed by atoms with E-state index in [4.69, 9.17) is 10.2 Å². The number of aliphatic hydroxyl groups excluding tert-OH is 1. The van der Waals surface area contributed by atoms with Crippen molar-refractivity contribution in [1.29, 1.82) is 0 Å². The van der Waals surface area contributed by atoms with Crippen LogP contribution in [-0.2, 0) is 14.8 Å². The number of carboxylic acid groups (broad SMARTS) is 1. The molecule has 0 aliphatic heterocycles. The quantitative estimate of drug-likeness (QED) is 0.550. The van der Waals surface area contributed by atoms with Crippen LogP contribution in [0.5, 0.6) is 0 Å². The molecule has 0 aromatic rings. The molecule has 3 N–H and O–H groups in total. The number of carboxylic acids is 1. The summed E-state index contributed by atoms with van der Waals surface area (Å²) < 4.78 is 24.7. The van der Waals surface area contributed by atoms with Gasteiger partial charge in [0.25, 0.3) is 0 Å². The van der Waals surface area contributed by atoms with Crippen molar-refractivity contribution in [3.63, 3.8) is 0 Å². The number of carbonyl (C=O) groups is 1. The summed E-state index contributed by atoms with van der Waals surface area (Å²) in [6, 6.07) is 0. The molecule has 0 rings (SSSR count). The van der Waals surface area contributed by atoms with Crippen molar-refractivity contribution in [1.82, 2.24) is 4.72 Å². The zero-order valence-electron chi connectivity index (χ0n) is 8.80. The minimum Gasteiger partial charge on any atom is -0.479 e. The molecule has 90 valence electrons. The van der Waals surface area contributed by atoms with Crippen molar-refractivity contribution in [2.24, 2.45) is 5.92 Å². The summed E-state index contributed by atoms with van der Waals surface area (Å²) in [7, 11) is -3.36. The van der Waals surface area contributed by atoms with Crippen LogP contribution < -0.4 is 4.72 Å². The minimum atomic E-state index is -3.36. The third-order valence-corrected chi connectivity index (χ3v) is 3.33. The largest absolute Gasteiger partial charge is 0.479 e. The van der Waals surface area contributed by atoms with Crippen molar-refractivity contribution >= 4 is 16.0 Å². The van der Waals surface area contributed by atoms with Gasteiger partial charge in [0.2, 0.25) is 10.0 Å². The van der Waals surface area contributed by atoms with E-state index in [-0.39, 0.29) is 24.6 Å². The Labute approximate surface area is 89.4 Å². The molecule has 0 amide bonds. The maximum Gasteiger partial charge on any atom is 0.332 e. The molecule has 0 spiro atoms. The van der Waals surface area contributed by atoms with Crippen LogP contribution in [0.15, 0.2) is 0 Å². The number of aliphatic hydroxyl groups is 1. The first-order chi connectivity index (χ1) is 6.74. The number of hydrogen-bond donors (Lipinski definition) is 3. The van der Waals surface area contributed by atoms with E-state index < -0.39 is 22.1 Å². The van der Waals surface area contributed by atoms with Gasteiger partial charge in [-0.2, -0.15) is 0 Å². The SMILES string of the molecule is CC(C)CS(=O)(=O)NCC[C@H](O)C(=O)O. The topological polar surface area (TPSA) is 104 Å². The van der Waals surface area contributed by atoms with Gasteiger partial charge in [-0.15, -0.1) is 0 Å².